The SMILES string of the molecule is CN([C@H]1CCN(Cc2cccc(C#N)c2)C1=O)S(=O)(=O)c1cccs1. The Morgan fingerprint density at radius 2 is 2.16 bits per heavy atom. The van der Waals surface area contributed by atoms with Gasteiger partial charge < -0.3 is 4.90 Å². The first-order chi connectivity index (χ1) is 11.9. The summed E-state index contributed by atoms with van der Waals surface area (Å²) in [5, 5.41) is 10.7. The number of amides is 1. The Hall–Kier alpha value is -2.21. The van der Waals surface area contributed by atoms with E-state index >= 15 is 0 Å². The molecule has 1 saturated heterocycles. The fourth-order valence-corrected chi connectivity index (χ4v) is 5.42. The van der Waals surface area contributed by atoms with Crippen LogP contribution in [0, 0.1) is 11.3 Å². The average molecular weight is 375 g/mol. The third kappa shape index (κ3) is 3.44. The minimum absolute atomic E-state index is 0.204. The molecule has 1 aromatic heterocycles. The van der Waals surface area contributed by atoms with Gasteiger partial charge in [-0.2, -0.15) is 9.57 Å². The number of likely N-dealkylation sites (N-methyl/N-ethyl adjacent to an activating group) is 1. The van der Waals surface area contributed by atoms with Gasteiger partial charge in [-0.25, -0.2) is 8.42 Å². The van der Waals surface area contributed by atoms with Crippen molar-refractivity contribution in [1.82, 2.24) is 9.21 Å². The van der Waals surface area contributed by atoms with E-state index in [0.717, 1.165) is 16.9 Å². The van der Waals surface area contributed by atoms with Gasteiger partial charge in [0.1, 0.15) is 10.3 Å². The maximum absolute atomic E-state index is 12.7. The lowest BCUT2D eigenvalue weighted by molar-refractivity contribution is -0.131. The highest BCUT2D eigenvalue weighted by atomic mass is 32.2. The number of thiophene rings is 1. The van der Waals surface area contributed by atoms with Crippen LogP contribution in [0.3, 0.4) is 0 Å². The number of benzene rings is 1. The summed E-state index contributed by atoms with van der Waals surface area (Å²) in [6.07, 6.45) is 0.456. The third-order valence-corrected chi connectivity index (χ3v) is 7.51. The summed E-state index contributed by atoms with van der Waals surface area (Å²) < 4.78 is 26.6. The van der Waals surface area contributed by atoms with E-state index in [2.05, 4.69) is 6.07 Å². The van der Waals surface area contributed by atoms with Crippen LogP contribution in [-0.4, -0.2) is 43.2 Å². The highest BCUT2D eigenvalue weighted by molar-refractivity contribution is 7.91. The molecule has 1 fully saturated rings. The molecule has 1 amide bonds. The number of carbonyl (C=O) groups is 1. The molecule has 1 atom stereocenters. The number of sulfonamides is 1. The van der Waals surface area contributed by atoms with E-state index in [1.54, 1.807) is 40.6 Å². The average Bonchev–Trinajstić information content (AvgIpc) is 3.26. The van der Waals surface area contributed by atoms with Gasteiger partial charge in [0, 0.05) is 20.1 Å². The van der Waals surface area contributed by atoms with E-state index in [1.807, 2.05) is 6.07 Å². The molecule has 1 aliphatic rings. The van der Waals surface area contributed by atoms with Crippen LogP contribution in [0.25, 0.3) is 0 Å². The monoisotopic (exact) mass is 375 g/mol. The molecular weight excluding hydrogens is 358 g/mol. The molecule has 0 N–H and O–H groups in total. The van der Waals surface area contributed by atoms with E-state index in [-0.39, 0.29) is 10.1 Å². The highest BCUT2D eigenvalue weighted by Gasteiger charge is 2.40. The normalized spacial score (nSPS) is 17.9. The number of hydrogen-bond acceptors (Lipinski definition) is 5. The first kappa shape index (κ1) is 17.6. The van der Waals surface area contributed by atoms with Gasteiger partial charge in [-0.15, -0.1) is 11.3 Å². The van der Waals surface area contributed by atoms with Gasteiger partial charge >= 0.3 is 0 Å². The second-order valence-corrected chi connectivity index (χ2v) is 9.00. The zero-order valence-corrected chi connectivity index (χ0v) is 15.3. The van der Waals surface area contributed by atoms with Gasteiger partial charge in [-0.3, -0.25) is 4.79 Å². The lowest BCUT2D eigenvalue weighted by atomic mass is 10.1. The molecule has 2 heterocycles. The molecule has 0 saturated carbocycles. The van der Waals surface area contributed by atoms with Gasteiger partial charge in [-0.05, 0) is 35.6 Å². The maximum Gasteiger partial charge on any atom is 0.253 e. The zero-order valence-electron chi connectivity index (χ0n) is 13.6. The molecule has 25 heavy (non-hydrogen) atoms. The van der Waals surface area contributed by atoms with Crippen LogP contribution in [0.5, 0.6) is 0 Å². The molecule has 0 radical (unpaired) electrons. The van der Waals surface area contributed by atoms with Gasteiger partial charge in [0.2, 0.25) is 5.91 Å². The quantitative estimate of drug-likeness (QED) is 0.801. The van der Waals surface area contributed by atoms with Crippen LogP contribution in [0.1, 0.15) is 17.5 Å². The van der Waals surface area contributed by atoms with Gasteiger partial charge in [0.25, 0.3) is 10.0 Å². The fourth-order valence-electron chi connectivity index (χ4n) is 2.90. The minimum atomic E-state index is -3.66. The number of rotatable bonds is 5. The maximum atomic E-state index is 12.7. The molecule has 1 aliphatic heterocycles. The summed E-state index contributed by atoms with van der Waals surface area (Å²) in [6.45, 7) is 0.863. The molecule has 3 rings (SSSR count). The standard InChI is InChI=1S/C17H17N3O3S2/c1-19(25(22,23)16-6-3-9-24-16)15-7-8-20(17(15)21)12-14-5-2-4-13(10-14)11-18/h2-6,9-10,15H,7-8,12H2,1H3/t15-/m0/s1. The van der Waals surface area contributed by atoms with E-state index in [1.165, 1.54) is 11.4 Å². The molecule has 130 valence electrons. The minimum Gasteiger partial charge on any atom is -0.337 e. The van der Waals surface area contributed by atoms with E-state index in [4.69, 9.17) is 5.26 Å². The van der Waals surface area contributed by atoms with Crippen LogP contribution < -0.4 is 0 Å². The highest BCUT2D eigenvalue weighted by Crippen LogP contribution is 2.26. The van der Waals surface area contributed by atoms with Crippen LogP contribution in [-0.2, 0) is 21.4 Å². The van der Waals surface area contributed by atoms with Crippen LogP contribution in [0.15, 0.2) is 46.0 Å². The lowest BCUT2D eigenvalue weighted by Crippen LogP contribution is -2.42. The summed E-state index contributed by atoms with van der Waals surface area (Å²) in [4.78, 5) is 14.3. The Balaban J connectivity index is 1.74. The van der Waals surface area contributed by atoms with Crippen molar-refractivity contribution in [2.24, 2.45) is 0 Å². The summed E-state index contributed by atoms with van der Waals surface area (Å²) in [5.41, 5.74) is 1.40. The number of likely N-dealkylation sites (tertiary alicyclic amines) is 1. The topological polar surface area (TPSA) is 81.5 Å². The molecular formula is C17H17N3O3S2. The van der Waals surface area contributed by atoms with Crippen molar-refractivity contribution in [2.75, 3.05) is 13.6 Å². The predicted molar refractivity (Wildman–Crippen MR) is 94.2 cm³/mol. The number of carbonyl (C=O) groups excluding carboxylic acids is 1. The first-order valence-electron chi connectivity index (χ1n) is 7.73. The fraction of sp³-hybridized carbons (Fsp3) is 0.294. The summed E-state index contributed by atoms with van der Waals surface area (Å²) in [6, 6.07) is 11.7. The number of hydrogen-bond donors (Lipinski definition) is 0. The van der Waals surface area contributed by atoms with Crippen LogP contribution in [0.2, 0.25) is 0 Å². The van der Waals surface area contributed by atoms with Crippen molar-refractivity contribution in [3.05, 3.63) is 52.9 Å². The summed E-state index contributed by atoms with van der Waals surface area (Å²) in [5.74, 6) is -0.204. The smallest absolute Gasteiger partial charge is 0.253 e. The van der Waals surface area contributed by atoms with Crippen LogP contribution >= 0.6 is 11.3 Å². The second-order valence-electron chi connectivity index (χ2n) is 5.83. The third-order valence-electron chi connectivity index (χ3n) is 4.27. The van der Waals surface area contributed by atoms with Gasteiger partial charge in [-0.1, -0.05) is 18.2 Å². The van der Waals surface area contributed by atoms with Crippen molar-refractivity contribution < 1.29 is 13.2 Å². The van der Waals surface area contributed by atoms with E-state index in [0.29, 0.717) is 25.1 Å². The Labute approximate surface area is 151 Å². The molecule has 0 spiro atoms. The molecule has 2 aromatic rings. The van der Waals surface area contributed by atoms with E-state index < -0.39 is 16.1 Å². The first-order valence-corrected chi connectivity index (χ1v) is 10.0. The molecule has 6 nitrogen and oxygen atoms in total. The van der Waals surface area contributed by atoms with Crippen molar-refractivity contribution in [1.29, 1.82) is 5.26 Å². The van der Waals surface area contributed by atoms with E-state index in [9.17, 15) is 13.2 Å². The number of nitriles is 1. The van der Waals surface area contributed by atoms with Crippen molar-refractivity contribution in [2.45, 2.75) is 23.2 Å². The molecule has 1 aromatic carbocycles. The largest absolute Gasteiger partial charge is 0.337 e. The van der Waals surface area contributed by atoms with Crippen LogP contribution in [0.4, 0.5) is 0 Å². The predicted octanol–water partition coefficient (Wildman–Crippen LogP) is 2.04. The van der Waals surface area contributed by atoms with Crippen molar-refractivity contribution >= 4 is 27.3 Å². The van der Waals surface area contributed by atoms with Gasteiger partial charge in [0.15, 0.2) is 0 Å². The van der Waals surface area contributed by atoms with Gasteiger partial charge in [0.05, 0.1) is 11.6 Å². The molecule has 0 aliphatic carbocycles. The van der Waals surface area contributed by atoms with Crippen molar-refractivity contribution in [3.63, 3.8) is 0 Å². The Morgan fingerprint density at radius 3 is 2.84 bits per heavy atom. The Bertz CT molecular complexity index is 917. The summed E-state index contributed by atoms with van der Waals surface area (Å²) >= 11 is 1.14. The Morgan fingerprint density at radius 1 is 1.36 bits per heavy atom. The zero-order chi connectivity index (χ0) is 18.0. The van der Waals surface area contributed by atoms with Crippen molar-refractivity contribution in [3.8, 4) is 6.07 Å². The molecule has 8 heteroatoms. The molecule has 0 unspecified atom stereocenters. The Kier molecular flexibility index (Phi) is 4.90. The second kappa shape index (κ2) is 6.96. The molecule has 0 bridgehead atoms. The summed E-state index contributed by atoms with van der Waals surface area (Å²) in [7, 11) is -2.20. The number of nitrogens with zero attached hydrogens (tertiary/aromatic N) is 3. The lowest BCUT2D eigenvalue weighted by Gasteiger charge is -2.23.